The molecular weight excluding hydrogens is 361 g/mol. The van der Waals surface area contributed by atoms with Gasteiger partial charge in [0.2, 0.25) is 0 Å². The first-order valence-electron chi connectivity index (χ1n) is 8.74. The lowest BCUT2D eigenvalue weighted by Gasteiger charge is -2.30. The fourth-order valence-electron chi connectivity index (χ4n) is 3.40. The van der Waals surface area contributed by atoms with Crippen LogP contribution in [-0.4, -0.2) is 40.2 Å². The fraction of sp³-hybridized carbons (Fsp3) is 0.500. The molecule has 2 atom stereocenters. The Bertz CT molecular complexity index is 819. The van der Waals surface area contributed by atoms with Crippen LogP contribution in [0.15, 0.2) is 24.3 Å². The molecule has 1 aliphatic carbocycles. The van der Waals surface area contributed by atoms with Gasteiger partial charge in [-0.2, -0.15) is 13.2 Å². The number of halogens is 3. The standard InChI is InChI=1S/C18H21F3N4O2/c1-11-16(23-24-25(11)14-7-4-8-15(10-14)27-2)17(26)22-13-6-3-5-12(9-13)18(19,20)21/h4,7-8,10,12-13H,3,5-6,9H2,1-2H3,(H,22,26). The highest BCUT2D eigenvalue weighted by Crippen LogP contribution is 2.37. The molecule has 27 heavy (non-hydrogen) atoms. The summed E-state index contributed by atoms with van der Waals surface area (Å²) in [6.45, 7) is 1.69. The lowest BCUT2D eigenvalue weighted by Crippen LogP contribution is -2.41. The molecule has 1 saturated carbocycles. The van der Waals surface area contributed by atoms with Crippen LogP contribution < -0.4 is 10.1 Å². The number of nitrogens with one attached hydrogen (secondary N) is 1. The Kier molecular flexibility index (Phi) is 5.38. The number of methoxy groups -OCH3 is 1. The number of aromatic nitrogens is 3. The number of carbonyl (C=O) groups excluding carboxylic acids is 1. The van der Waals surface area contributed by atoms with Crippen LogP contribution in [0.25, 0.3) is 5.69 Å². The molecule has 146 valence electrons. The van der Waals surface area contributed by atoms with Crippen LogP contribution in [0.3, 0.4) is 0 Å². The summed E-state index contributed by atoms with van der Waals surface area (Å²) < 4.78 is 45.5. The van der Waals surface area contributed by atoms with Crippen molar-refractivity contribution in [1.82, 2.24) is 20.3 Å². The molecule has 1 amide bonds. The average Bonchev–Trinajstić information content (AvgIpc) is 3.03. The van der Waals surface area contributed by atoms with Crippen molar-refractivity contribution in [2.75, 3.05) is 7.11 Å². The summed E-state index contributed by atoms with van der Waals surface area (Å²) >= 11 is 0. The molecule has 2 aromatic rings. The summed E-state index contributed by atoms with van der Waals surface area (Å²) in [5.74, 6) is -1.24. The zero-order chi connectivity index (χ0) is 19.6. The van der Waals surface area contributed by atoms with Crippen LogP contribution in [-0.2, 0) is 0 Å². The summed E-state index contributed by atoms with van der Waals surface area (Å²) in [6, 6.07) is 6.59. The summed E-state index contributed by atoms with van der Waals surface area (Å²) in [4.78, 5) is 12.5. The first-order chi connectivity index (χ1) is 12.8. The molecular formula is C18H21F3N4O2. The summed E-state index contributed by atoms with van der Waals surface area (Å²) in [5.41, 5.74) is 1.28. The molecule has 1 aromatic carbocycles. The number of amides is 1. The number of hydrogen-bond acceptors (Lipinski definition) is 4. The largest absolute Gasteiger partial charge is 0.497 e. The Balaban J connectivity index is 1.73. The van der Waals surface area contributed by atoms with Gasteiger partial charge in [0.15, 0.2) is 5.69 Å². The van der Waals surface area contributed by atoms with Gasteiger partial charge < -0.3 is 10.1 Å². The number of benzene rings is 1. The van der Waals surface area contributed by atoms with Gasteiger partial charge in [-0.3, -0.25) is 4.79 Å². The van der Waals surface area contributed by atoms with E-state index in [1.54, 1.807) is 38.3 Å². The van der Waals surface area contributed by atoms with Crippen molar-refractivity contribution in [3.8, 4) is 11.4 Å². The zero-order valence-electron chi connectivity index (χ0n) is 15.1. The van der Waals surface area contributed by atoms with Gasteiger partial charge in [0, 0.05) is 12.1 Å². The number of hydrogen-bond donors (Lipinski definition) is 1. The molecule has 1 aliphatic rings. The quantitative estimate of drug-likeness (QED) is 0.880. The van der Waals surface area contributed by atoms with E-state index < -0.39 is 24.0 Å². The van der Waals surface area contributed by atoms with E-state index >= 15 is 0 Å². The molecule has 0 spiro atoms. The molecule has 1 heterocycles. The van der Waals surface area contributed by atoms with Crippen molar-refractivity contribution in [1.29, 1.82) is 0 Å². The van der Waals surface area contributed by atoms with Crippen molar-refractivity contribution in [2.24, 2.45) is 5.92 Å². The van der Waals surface area contributed by atoms with Gasteiger partial charge in [-0.1, -0.05) is 17.7 Å². The van der Waals surface area contributed by atoms with E-state index in [-0.39, 0.29) is 18.5 Å². The lowest BCUT2D eigenvalue weighted by atomic mass is 9.85. The minimum Gasteiger partial charge on any atom is -0.497 e. The van der Waals surface area contributed by atoms with Gasteiger partial charge >= 0.3 is 6.18 Å². The van der Waals surface area contributed by atoms with Crippen LogP contribution in [0, 0.1) is 12.8 Å². The number of ether oxygens (including phenoxy) is 1. The molecule has 0 bridgehead atoms. The Morgan fingerprint density at radius 1 is 1.33 bits per heavy atom. The zero-order valence-corrected chi connectivity index (χ0v) is 15.1. The molecule has 6 nitrogen and oxygen atoms in total. The maximum Gasteiger partial charge on any atom is 0.391 e. The second-order valence-electron chi connectivity index (χ2n) is 6.71. The molecule has 1 N–H and O–H groups in total. The monoisotopic (exact) mass is 382 g/mol. The molecule has 0 saturated heterocycles. The van der Waals surface area contributed by atoms with E-state index in [0.29, 0.717) is 30.0 Å². The number of rotatable bonds is 4. The second kappa shape index (κ2) is 7.58. The average molecular weight is 382 g/mol. The third-order valence-corrected chi connectivity index (χ3v) is 4.88. The van der Waals surface area contributed by atoms with E-state index in [1.807, 2.05) is 0 Å². The minimum atomic E-state index is -4.23. The third kappa shape index (κ3) is 4.23. The number of alkyl halides is 3. The third-order valence-electron chi connectivity index (χ3n) is 4.88. The predicted octanol–water partition coefficient (Wildman–Crippen LogP) is 3.44. The summed E-state index contributed by atoms with van der Waals surface area (Å²) in [6.07, 6.45) is -3.25. The summed E-state index contributed by atoms with van der Waals surface area (Å²) in [5, 5.41) is 10.6. The number of nitrogens with zero attached hydrogens (tertiary/aromatic N) is 3. The van der Waals surface area contributed by atoms with Gasteiger partial charge in [-0.05, 0) is 38.3 Å². The topological polar surface area (TPSA) is 69.0 Å². The van der Waals surface area contributed by atoms with Crippen LogP contribution in [0.5, 0.6) is 5.75 Å². The molecule has 2 unspecified atom stereocenters. The van der Waals surface area contributed by atoms with Crippen molar-refractivity contribution in [3.63, 3.8) is 0 Å². The molecule has 3 rings (SSSR count). The van der Waals surface area contributed by atoms with Gasteiger partial charge in [0.1, 0.15) is 5.75 Å². The van der Waals surface area contributed by atoms with E-state index in [1.165, 1.54) is 4.68 Å². The SMILES string of the molecule is COc1cccc(-n2nnc(C(=O)NC3CCCC(C(F)(F)F)C3)c2C)c1. The maximum atomic E-state index is 12.9. The highest BCUT2D eigenvalue weighted by atomic mass is 19.4. The summed E-state index contributed by atoms with van der Waals surface area (Å²) in [7, 11) is 1.55. The molecule has 0 aliphatic heterocycles. The van der Waals surface area contributed by atoms with Crippen LogP contribution in [0.2, 0.25) is 0 Å². The van der Waals surface area contributed by atoms with E-state index in [0.717, 1.165) is 0 Å². The number of carbonyl (C=O) groups is 1. The lowest BCUT2D eigenvalue weighted by molar-refractivity contribution is -0.183. The Hall–Kier alpha value is -2.58. The predicted molar refractivity (Wildman–Crippen MR) is 91.9 cm³/mol. The highest BCUT2D eigenvalue weighted by Gasteiger charge is 2.42. The van der Waals surface area contributed by atoms with E-state index in [9.17, 15) is 18.0 Å². The van der Waals surface area contributed by atoms with Gasteiger partial charge in [0.25, 0.3) is 5.91 Å². The van der Waals surface area contributed by atoms with Crippen molar-refractivity contribution < 1.29 is 22.7 Å². The fourth-order valence-corrected chi connectivity index (χ4v) is 3.40. The molecule has 1 fully saturated rings. The smallest absolute Gasteiger partial charge is 0.391 e. The van der Waals surface area contributed by atoms with Gasteiger partial charge in [-0.25, -0.2) is 4.68 Å². The van der Waals surface area contributed by atoms with E-state index in [4.69, 9.17) is 4.74 Å². The maximum absolute atomic E-state index is 12.9. The minimum absolute atomic E-state index is 0.0989. The Morgan fingerprint density at radius 3 is 2.81 bits per heavy atom. The normalized spacial score (nSPS) is 20.3. The molecule has 0 radical (unpaired) electrons. The van der Waals surface area contributed by atoms with Gasteiger partial charge in [0.05, 0.1) is 24.4 Å². The second-order valence-corrected chi connectivity index (χ2v) is 6.71. The van der Waals surface area contributed by atoms with Crippen molar-refractivity contribution in [3.05, 3.63) is 35.7 Å². The molecule has 9 heteroatoms. The van der Waals surface area contributed by atoms with E-state index in [2.05, 4.69) is 15.6 Å². The molecule has 1 aromatic heterocycles. The first kappa shape index (κ1) is 19.2. The first-order valence-corrected chi connectivity index (χ1v) is 8.74. The van der Waals surface area contributed by atoms with Crippen molar-refractivity contribution in [2.45, 2.75) is 44.8 Å². The van der Waals surface area contributed by atoms with Crippen molar-refractivity contribution >= 4 is 5.91 Å². The van der Waals surface area contributed by atoms with Crippen LogP contribution in [0.1, 0.15) is 41.9 Å². The Morgan fingerprint density at radius 2 is 2.11 bits per heavy atom. The Labute approximate surface area is 154 Å². The highest BCUT2D eigenvalue weighted by molar-refractivity contribution is 5.93. The van der Waals surface area contributed by atoms with Gasteiger partial charge in [-0.15, -0.1) is 5.10 Å². The van der Waals surface area contributed by atoms with Crippen LogP contribution >= 0.6 is 0 Å². The van der Waals surface area contributed by atoms with Crippen LogP contribution in [0.4, 0.5) is 13.2 Å².